The number of nitrogens with one attached hydrogen (secondary N) is 2. The van der Waals surface area contributed by atoms with Crippen LogP contribution in [0, 0.1) is 6.92 Å². The summed E-state index contributed by atoms with van der Waals surface area (Å²) in [6.07, 6.45) is 0. The first-order valence-corrected chi connectivity index (χ1v) is 6.62. The third kappa shape index (κ3) is 2.06. The van der Waals surface area contributed by atoms with Crippen molar-refractivity contribution in [1.82, 2.24) is 10.2 Å². The lowest BCUT2D eigenvalue weighted by molar-refractivity contribution is 0.102. The van der Waals surface area contributed by atoms with Gasteiger partial charge in [-0.3, -0.25) is 9.89 Å². The number of carbonyl (C=O) groups excluding carboxylic acids is 1. The van der Waals surface area contributed by atoms with E-state index in [4.69, 9.17) is 5.73 Å². The maximum atomic E-state index is 12.1. The minimum Gasteiger partial charge on any atom is -0.395 e. The van der Waals surface area contributed by atoms with Crippen LogP contribution in [-0.4, -0.2) is 16.1 Å². The molecule has 19 heavy (non-hydrogen) atoms. The molecule has 4 N–H and O–H groups in total. The molecule has 0 aliphatic carbocycles. The van der Waals surface area contributed by atoms with Crippen LogP contribution < -0.4 is 11.1 Å². The topological polar surface area (TPSA) is 83.8 Å². The van der Waals surface area contributed by atoms with E-state index < -0.39 is 0 Å². The molecule has 0 saturated heterocycles. The predicted molar refractivity (Wildman–Crippen MR) is 77.5 cm³/mol. The van der Waals surface area contributed by atoms with Crippen LogP contribution in [-0.2, 0) is 0 Å². The lowest BCUT2D eigenvalue weighted by Crippen LogP contribution is -2.14. The Balaban J connectivity index is 1.88. The number of thiophene rings is 1. The number of nitrogens with zero attached hydrogens (tertiary/aromatic N) is 1. The zero-order chi connectivity index (χ0) is 13.4. The number of nitrogens with two attached hydrogens (primary N) is 1. The Bertz CT molecular complexity index is 759. The maximum Gasteiger partial charge on any atom is 0.278 e. The van der Waals surface area contributed by atoms with Crippen LogP contribution in [0.5, 0.6) is 0 Å². The van der Waals surface area contributed by atoms with Crippen LogP contribution in [0.4, 0.5) is 11.4 Å². The summed E-state index contributed by atoms with van der Waals surface area (Å²) >= 11 is 1.67. The fraction of sp³-hybridized carbons (Fsp3) is 0.0769. The molecule has 0 unspecified atom stereocenters. The number of fused-ring (bicyclic) bond motifs is 1. The largest absolute Gasteiger partial charge is 0.395 e. The van der Waals surface area contributed by atoms with Gasteiger partial charge in [-0.25, -0.2) is 0 Å². The summed E-state index contributed by atoms with van der Waals surface area (Å²) in [6, 6.07) is 7.79. The number of benzene rings is 1. The van der Waals surface area contributed by atoms with E-state index in [1.54, 1.807) is 18.3 Å². The molecule has 6 heteroatoms. The summed E-state index contributed by atoms with van der Waals surface area (Å²) in [5, 5.41) is 12.5. The molecule has 0 bridgehead atoms. The lowest BCUT2D eigenvalue weighted by Gasteiger charge is -2.04. The fourth-order valence-electron chi connectivity index (χ4n) is 1.85. The van der Waals surface area contributed by atoms with Crippen LogP contribution in [0.1, 0.15) is 16.2 Å². The second-order valence-corrected chi connectivity index (χ2v) is 5.19. The van der Waals surface area contributed by atoms with Gasteiger partial charge in [0.15, 0.2) is 5.69 Å². The number of rotatable bonds is 2. The van der Waals surface area contributed by atoms with Crippen molar-refractivity contribution in [3.8, 4) is 0 Å². The van der Waals surface area contributed by atoms with Gasteiger partial charge in [-0.2, -0.15) is 5.10 Å². The molecule has 3 aromatic rings. The quantitative estimate of drug-likeness (QED) is 0.670. The van der Waals surface area contributed by atoms with Crippen molar-refractivity contribution >= 4 is 38.7 Å². The molecule has 3 rings (SSSR count). The van der Waals surface area contributed by atoms with Crippen molar-refractivity contribution in [2.24, 2.45) is 0 Å². The van der Waals surface area contributed by atoms with E-state index in [1.807, 2.05) is 29.6 Å². The summed E-state index contributed by atoms with van der Waals surface area (Å²) in [5.74, 6) is -0.309. The van der Waals surface area contributed by atoms with Crippen LogP contribution in [0.3, 0.4) is 0 Å². The molecule has 2 heterocycles. The zero-order valence-electron chi connectivity index (χ0n) is 10.2. The summed E-state index contributed by atoms with van der Waals surface area (Å²) in [4.78, 5) is 12.1. The first-order valence-electron chi connectivity index (χ1n) is 5.74. The smallest absolute Gasteiger partial charge is 0.278 e. The number of nitrogen functional groups attached to an aromatic ring is 1. The number of H-pyrrole nitrogens is 1. The Kier molecular flexibility index (Phi) is 2.72. The van der Waals surface area contributed by atoms with E-state index in [1.165, 1.54) is 4.70 Å². The van der Waals surface area contributed by atoms with E-state index in [9.17, 15) is 4.79 Å². The normalized spacial score (nSPS) is 10.8. The Morgan fingerprint density at radius 2 is 2.26 bits per heavy atom. The standard InChI is InChI=1S/C13H12N4OS/c1-7-11(14)12(17-16-7)13(18)15-9-2-3-10-8(6-9)4-5-19-10/h2-6H,14H2,1H3,(H,15,18)(H,16,17). The van der Waals surface area contributed by atoms with E-state index in [2.05, 4.69) is 15.5 Å². The number of aryl methyl sites for hydroxylation is 1. The second kappa shape index (κ2) is 4.40. The lowest BCUT2D eigenvalue weighted by atomic mass is 10.2. The number of hydrogen-bond donors (Lipinski definition) is 3. The number of aromatic nitrogens is 2. The third-order valence-corrected chi connectivity index (χ3v) is 3.82. The number of hydrogen-bond acceptors (Lipinski definition) is 4. The summed E-state index contributed by atoms with van der Waals surface area (Å²) in [5.41, 5.74) is 7.81. The van der Waals surface area contributed by atoms with Crippen molar-refractivity contribution in [3.05, 3.63) is 41.0 Å². The summed E-state index contributed by atoms with van der Waals surface area (Å²) in [6.45, 7) is 1.77. The molecule has 1 aromatic carbocycles. The second-order valence-electron chi connectivity index (χ2n) is 4.24. The summed E-state index contributed by atoms with van der Waals surface area (Å²) < 4.78 is 1.19. The molecule has 0 radical (unpaired) electrons. The molecule has 0 atom stereocenters. The Morgan fingerprint density at radius 1 is 1.42 bits per heavy atom. The number of amides is 1. The van der Waals surface area contributed by atoms with Crippen LogP contribution in [0.15, 0.2) is 29.6 Å². The Morgan fingerprint density at radius 3 is 3.00 bits per heavy atom. The van der Waals surface area contributed by atoms with Crippen molar-refractivity contribution < 1.29 is 4.79 Å². The molecule has 5 nitrogen and oxygen atoms in total. The van der Waals surface area contributed by atoms with Gasteiger partial charge in [-0.1, -0.05) is 0 Å². The summed E-state index contributed by atoms with van der Waals surface area (Å²) in [7, 11) is 0. The molecule has 96 valence electrons. The molecular weight excluding hydrogens is 260 g/mol. The van der Waals surface area contributed by atoms with Gasteiger partial charge in [-0.15, -0.1) is 11.3 Å². The zero-order valence-corrected chi connectivity index (χ0v) is 11.0. The first kappa shape index (κ1) is 11.7. The molecule has 0 fully saturated rings. The first-order chi connectivity index (χ1) is 9.15. The molecule has 1 amide bonds. The Hall–Kier alpha value is -2.34. The van der Waals surface area contributed by atoms with Gasteiger partial charge in [0, 0.05) is 10.4 Å². The van der Waals surface area contributed by atoms with Gasteiger partial charge < -0.3 is 11.1 Å². The fourth-order valence-corrected chi connectivity index (χ4v) is 2.62. The number of anilines is 2. The molecular formula is C13H12N4OS. The highest BCUT2D eigenvalue weighted by Crippen LogP contribution is 2.24. The Labute approximate surface area is 113 Å². The minimum atomic E-state index is -0.309. The van der Waals surface area contributed by atoms with Gasteiger partial charge in [0.25, 0.3) is 5.91 Å². The van der Waals surface area contributed by atoms with Crippen LogP contribution in [0.25, 0.3) is 10.1 Å². The van der Waals surface area contributed by atoms with E-state index in [0.29, 0.717) is 11.4 Å². The highest BCUT2D eigenvalue weighted by molar-refractivity contribution is 7.17. The van der Waals surface area contributed by atoms with Crippen molar-refractivity contribution in [3.63, 3.8) is 0 Å². The maximum absolute atomic E-state index is 12.1. The van der Waals surface area contributed by atoms with Crippen molar-refractivity contribution in [1.29, 1.82) is 0 Å². The van der Waals surface area contributed by atoms with Gasteiger partial charge in [0.05, 0.1) is 11.4 Å². The molecule has 0 aliphatic heterocycles. The van der Waals surface area contributed by atoms with Gasteiger partial charge >= 0.3 is 0 Å². The monoisotopic (exact) mass is 272 g/mol. The number of aromatic amines is 1. The SMILES string of the molecule is Cc1[nH]nc(C(=O)Nc2ccc3sccc3c2)c1N. The molecule has 0 saturated carbocycles. The van der Waals surface area contributed by atoms with Crippen molar-refractivity contribution in [2.45, 2.75) is 6.92 Å². The van der Waals surface area contributed by atoms with Crippen molar-refractivity contribution in [2.75, 3.05) is 11.1 Å². The molecule has 0 spiro atoms. The van der Waals surface area contributed by atoms with Gasteiger partial charge in [-0.05, 0) is 42.0 Å². The third-order valence-electron chi connectivity index (χ3n) is 2.92. The van der Waals surface area contributed by atoms with E-state index in [-0.39, 0.29) is 11.6 Å². The minimum absolute atomic E-state index is 0.225. The highest BCUT2D eigenvalue weighted by Gasteiger charge is 2.15. The van der Waals surface area contributed by atoms with Crippen LogP contribution in [0.2, 0.25) is 0 Å². The van der Waals surface area contributed by atoms with E-state index in [0.717, 1.165) is 11.1 Å². The number of carbonyl (C=O) groups is 1. The van der Waals surface area contributed by atoms with E-state index >= 15 is 0 Å². The van der Waals surface area contributed by atoms with Gasteiger partial charge in [0.1, 0.15) is 0 Å². The van der Waals surface area contributed by atoms with Crippen LogP contribution >= 0.6 is 11.3 Å². The molecule has 2 aromatic heterocycles. The average molecular weight is 272 g/mol. The van der Waals surface area contributed by atoms with Gasteiger partial charge in [0.2, 0.25) is 0 Å². The average Bonchev–Trinajstić information content (AvgIpc) is 2.97. The predicted octanol–water partition coefficient (Wildman–Crippen LogP) is 2.77. The molecule has 0 aliphatic rings. The highest BCUT2D eigenvalue weighted by atomic mass is 32.1.